The third-order valence-corrected chi connectivity index (χ3v) is 4.61. The van der Waals surface area contributed by atoms with E-state index in [1.165, 1.54) is 64.2 Å². The zero-order valence-electron chi connectivity index (χ0n) is 10.7. The number of hydrogen-bond donors (Lipinski definition) is 1. The van der Waals surface area contributed by atoms with Crippen molar-refractivity contribution in [1.82, 2.24) is 0 Å². The van der Waals surface area contributed by atoms with Crippen LogP contribution in [-0.2, 0) is 0 Å². The molecule has 0 amide bonds. The molecule has 0 radical (unpaired) electrons. The van der Waals surface area contributed by atoms with Gasteiger partial charge in [-0.3, -0.25) is 0 Å². The van der Waals surface area contributed by atoms with Gasteiger partial charge in [-0.1, -0.05) is 18.9 Å². The van der Waals surface area contributed by atoms with E-state index in [-0.39, 0.29) is 0 Å². The highest BCUT2D eigenvalue weighted by molar-refractivity contribution is 4.81. The molecule has 1 nitrogen and oxygen atoms in total. The summed E-state index contributed by atoms with van der Waals surface area (Å²) in [4.78, 5) is 0. The van der Waals surface area contributed by atoms with Gasteiger partial charge < -0.3 is 5.32 Å². The van der Waals surface area contributed by atoms with Crippen LogP contribution in [0.3, 0.4) is 0 Å². The second-order valence-corrected chi connectivity index (χ2v) is 5.82. The Morgan fingerprint density at radius 2 is 1.62 bits per heavy atom. The minimum Gasteiger partial charge on any atom is -0.341 e. The average molecular weight is 222 g/mol. The van der Waals surface area contributed by atoms with Crippen LogP contribution < -0.4 is 5.32 Å². The molecule has 2 rings (SSSR count). The van der Waals surface area contributed by atoms with Crippen LogP contribution in [0.2, 0.25) is 0 Å². The highest BCUT2D eigenvalue weighted by Gasteiger charge is 2.29. The van der Waals surface area contributed by atoms with Gasteiger partial charge >= 0.3 is 0 Å². The molecule has 2 fully saturated rings. The van der Waals surface area contributed by atoms with E-state index in [2.05, 4.69) is 18.0 Å². The van der Waals surface area contributed by atoms with Gasteiger partial charge in [-0.25, -0.2) is 0 Å². The molecule has 2 saturated carbocycles. The lowest BCUT2D eigenvalue weighted by molar-refractivity contribution is -0.731. The van der Waals surface area contributed by atoms with Gasteiger partial charge in [-0.15, -0.1) is 6.58 Å². The SMILES string of the molecule is C=CC[C@H]1CCCC[C@H]1[NH2+]C1CCCCC1. The summed E-state index contributed by atoms with van der Waals surface area (Å²) >= 11 is 0. The van der Waals surface area contributed by atoms with Gasteiger partial charge in [0, 0.05) is 5.92 Å². The van der Waals surface area contributed by atoms with Crippen LogP contribution in [0, 0.1) is 5.92 Å². The van der Waals surface area contributed by atoms with E-state index >= 15 is 0 Å². The molecule has 0 bridgehead atoms. The Morgan fingerprint density at radius 3 is 2.38 bits per heavy atom. The smallest absolute Gasteiger partial charge is 0.0892 e. The summed E-state index contributed by atoms with van der Waals surface area (Å²) in [5.74, 6) is 0.924. The lowest BCUT2D eigenvalue weighted by Gasteiger charge is -2.33. The predicted octanol–water partition coefficient (Wildman–Crippen LogP) is 3.02. The summed E-state index contributed by atoms with van der Waals surface area (Å²) in [5.41, 5.74) is 0. The van der Waals surface area contributed by atoms with Gasteiger partial charge in [-0.05, 0) is 51.4 Å². The Balaban J connectivity index is 1.82. The molecule has 0 aliphatic heterocycles. The number of rotatable bonds is 4. The van der Waals surface area contributed by atoms with Crippen molar-refractivity contribution in [2.24, 2.45) is 5.92 Å². The molecule has 0 aromatic heterocycles. The molecular weight excluding hydrogens is 194 g/mol. The van der Waals surface area contributed by atoms with Crippen LogP contribution in [-0.4, -0.2) is 12.1 Å². The molecule has 2 aliphatic rings. The van der Waals surface area contributed by atoms with Gasteiger partial charge in [-0.2, -0.15) is 0 Å². The second-order valence-electron chi connectivity index (χ2n) is 5.82. The Kier molecular flexibility index (Phi) is 4.90. The minimum atomic E-state index is 0.912. The maximum Gasteiger partial charge on any atom is 0.0892 e. The van der Waals surface area contributed by atoms with Gasteiger partial charge in [0.05, 0.1) is 12.1 Å². The van der Waals surface area contributed by atoms with Crippen molar-refractivity contribution in [2.75, 3.05) is 0 Å². The summed E-state index contributed by atoms with van der Waals surface area (Å²) in [7, 11) is 0. The molecule has 2 atom stereocenters. The van der Waals surface area contributed by atoms with Crippen LogP contribution in [0.1, 0.15) is 64.2 Å². The zero-order chi connectivity index (χ0) is 11.2. The first-order valence-electron chi connectivity index (χ1n) is 7.36. The molecule has 92 valence electrons. The van der Waals surface area contributed by atoms with Gasteiger partial charge in [0.25, 0.3) is 0 Å². The van der Waals surface area contributed by atoms with Crippen LogP contribution in [0.25, 0.3) is 0 Å². The molecular formula is C15H28N+. The summed E-state index contributed by atoms with van der Waals surface area (Å²) in [6.45, 7) is 3.92. The van der Waals surface area contributed by atoms with Gasteiger partial charge in [0.15, 0.2) is 0 Å². The molecule has 16 heavy (non-hydrogen) atoms. The zero-order valence-corrected chi connectivity index (χ0v) is 10.7. The average Bonchev–Trinajstić information content (AvgIpc) is 2.33. The van der Waals surface area contributed by atoms with Crippen molar-refractivity contribution >= 4 is 0 Å². The van der Waals surface area contributed by atoms with Crippen LogP contribution >= 0.6 is 0 Å². The van der Waals surface area contributed by atoms with E-state index in [0.717, 1.165) is 18.0 Å². The van der Waals surface area contributed by atoms with Crippen LogP contribution in [0.4, 0.5) is 0 Å². The Morgan fingerprint density at radius 1 is 0.938 bits per heavy atom. The molecule has 0 aromatic carbocycles. The lowest BCUT2D eigenvalue weighted by atomic mass is 9.81. The fourth-order valence-electron chi connectivity index (χ4n) is 3.67. The molecule has 0 heterocycles. The maximum absolute atomic E-state index is 3.92. The first-order valence-corrected chi connectivity index (χ1v) is 7.36. The van der Waals surface area contributed by atoms with Crippen molar-refractivity contribution in [3.05, 3.63) is 12.7 Å². The van der Waals surface area contributed by atoms with Crippen molar-refractivity contribution in [3.8, 4) is 0 Å². The summed E-state index contributed by atoms with van der Waals surface area (Å²) < 4.78 is 0. The van der Waals surface area contributed by atoms with Gasteiger partial charge in [0.2, 0.25) is 0 Å². The minimum absolute atomic E-state index is 0.912. The van der Waals surface area contributed by atoms with Crippen molar-refractivity contribution in [1.29, 1.82) is 0 Å². The Bertz CT molecular complexity index is 205. The summed E-state index contributed by atoms with van der Waals surface area (Å²) in [6.07, 6.45) is 16.6. The van der Waals surface area contributed by atoms with E-state index < -0.39 is 0 Å². The highest BCUT2D eigenvalue weighted by Crippen LogP contribution is 2.26. The van der Waals surface area contributed by atoms with Crippen molar-refractivity contribution < 1.29 is 5.32 Å². The molecule has 0 aromatic rings. The number of quaternary nitrogens is 1. The molecule has 0 unspecified atom stereocenters. The fourth-order valence-corrected chi connectivity index (χ4v) is 3.67. The predicted molar refractivity (Wildman–Crippen MR) is 69.4 cm³/mol. The maximum atomic E-state index is 3.92. The largest absolute Gasteiger partial charge is 0.341 e. The fraction of sp³-hybridized carbons (Fsp3) is 0.867. The van der Waals surface area contributed by atoms with Crippen molar-refractivity contribution in [3.63, 3.8) is 0 Å². The van der Waals surface area contributed by atoms with Crippen LogP contribution in [0.5, 0.6) is 0 Å². The van der Waals surface area contributed by atoms with E-state index in [9.17, 15) is 0 Å². The monoisotopic (exact) mass is 222 g/mol. The first-order chi connectivity index (χ1) is 7.90. The molecule has 1 heteroatoms. The summed E-state index contributed by atoms with van der Waals surface area (Å²) in [5, 5.41) is 2.74. The lowest BCUT2D eigenvalue weighted by Crippen LogP contribution is -2.96. The van der Waals surface area contributed by atoms with Gasteiger partial charge in [0.1, 0.15) is 0 Å². The Hall–Kier alpha value is -0.300. The molecule has 0 spiro atoms. The quantitative estimate of drug-likeness (QED) is 0.704. The normalized spacial score (nSPS) is 32.5. The van der Waals surface area contributed by atoms with Crippen molar-refractivity contribution in [2.45, 2.75) is 76.3 Å². The Labute approximate surface area is 101 Å². The second kappa shape index (κ2) is 6.44. The first kappa shape index (κ1) is 12.2. The molecule has 0 saturated heterocycles. The molecule has 2 aliphatic carbocycles. The molecule has 2 N–H and O–H groups in total. The van der Waals surface area contributed by atoms with Crippen LogP contribution in [0.15, 0.2) is 12.7 Å². The van der Waals surface area contributed by atoms with E-state index in [0.29, 0.717) is 0 Å². The number of hydrogen-bond acceptors (Lipinski definition) is 0. The van der Waals surface area contributed by atoms with E-state index in [1.54, 1.807) is 0 Å². The van der Waals surface area contributed by atoms with E-state index in [1.807, 2.05) is 0 Å². The number of nitrogens with two attached hydrogens (primary N) is 1. The number of allylic oxidation sites excluding steroid dienone is 1. The third kappa shape index (κ3) is 3.35. The standard InChI is InChI=1S/C15H27N/c1-2-8-13-9-6-7-12-15(13)16-14-10-4-3-5-11-14/h2,13-16H,1,3-12H2/p+1/t13-,15+/m0/s1. The van der Waals surface area contributed by atoms with E-state index in [4.69, 9.17) is 0 Å². The third-order valence-electron chi connectivity index (χ3n) is 4.61. The highest BCUT2D eigenvalue weighted by atomic mass is 15.0. The topological polar surface area (TPSA) is 16.6 Å². The summed E-state index contributed by atoms with van der Waals surface area (Å²) in [6, 6.07) is 1.86.